The molecular formula is C25H21N5O. The summed E-state index contributed by atoms with van der Waals surface area (Å²) in [6.45, 7) is 1.40. The highest BCUT2D eigenvalue weighted by molar-refractivity contribution is 5.83. The van der Waals surface area contributed by atoms with Gasteiger partial charge in [-0.1, -0.05) is 12.0 Å². The number of hydrogen-bond acceptors (Lipinski definition) is 5. The first-order valence-corrected chi connectivity index (χ1v) is 10.6. The lowest BCUT2D eigenvalue weighted by molar-refractivity contribution is -0.00300. The van der Waals surface area contributed by atoms with Crippen molar-refractivity contribution in [3.8, 4) is 28.9 Å². The second-order valence-electron chi connectivity index (χ2n) is 8.06. The van der Waals surface area contributed by atoms with Gasteiger partial charge in [0.05, 0.1) is 24.7 Å². The van der Waals surface area contributed by atoms with Gasteiger partial charge in [-0.25, -0.2) is 15.0 Å². The number of fused-ring (bicyclic) bond motifs is 2. The van der Waals surface area contributed by atoms with E-state index in [-0.39, 0.29) is 0 Å². The molecule has 0 saturated carbocycles. The van der Waals surface area contributed by atoms with E-state index in [4.69, 9.17) is 20.4 Å². The van der Waals surface area contributed by atoms with Crippen LogP contribution in [0.2, 0.25) is 0 Å². The Kier molecular flexibility index (Phi) is 4.22. The van der Waals surface area contributed by atoms with Crippen molar-refractivity contribution in [2.45, 2.75) is 19.3 Å². The minimum absolute atomic E-state index is 0.296. The molecule has 0 radical (unpaired) electrons. The number of aryl methyl sites for hydroxylation is 2. The molecule has 4 aromatic rings. The van der Waals surface area contributed by atoms with Gasteiger partial charge in [-0.3, -0.25) is 4.57 Å². The molecule has 0 unspecified atom stereocenters. The van der Waals surface area contributed by atoms with E-state index in [9.17, 15) is 0 Å². The molecule has 6 rings (SSSR count). The molecule has 0 amide bonds. The number of hydrogen-bond donors (Lipinski definition) is 1. The van der Waals surface area contributed by atoms with Crippen LogP contribution in [0.4, 0.5) is 5.82 Å². The van der Waals surface area contributed by atoms with Gasteiger partial charge in [0.2, 0.25) is 0 Å². The fraction of sp³-hybridized carbons (Fsp3) is 0.240. The minimum atomic E-state index is 0.296. The lowest BCUT2D eigenvalue weighted by Crippen LogP contribution is -2.25. The normalized spacial score (nSPS) is 15.4. The molecule has 0 bridgehead atoms. The Morgan fingerprint density at radius 2 is 1.94 bits per heavy atom. The van der Waals surface area contributed by atoms with Crippen molar-refractivity contribution in [3.63, 3.8) is 0 Å². The Labute approximate surface area is 180 Å². The van der Waals surface area contributed by atoms with Crippen LogP contribution in [0.3, 0.4) is 0 Å². The number of aromatic nitrogens is 4. The second kappa shape index (κ2) is 7.22. The first-order chi connectivity index (χ1) is 15.3. The molecule has 152 valence electrons. The topological polar surface area (TPSA) is 78.8 Å². The lowest BCUT2D eigenvalue weighted by Gasteiger charge is -2.19. The monoisotopic (exact) mass is 407 g/mol. The summed E-state index contributed by atoms with van der Waals surface area (Å²) in [6.07, 6.45) is 5.14. The van der Waals surface area contributed by atoms with Crippen molar-refractivity contribution < 1.29 is 4.74 Å². The van der Waals surface area contributed by atoms with E-state index in [2.05, 4.69) is 39.6 Å². The number of nitrogens with two attached hydrogens (primary N) is 1. The highest BCUT2D eigenvalue weighted by Gasteiger charge is 2.20. The number of nitrogens with zero attached hydrogens (tertiary/aromatic N) is 4. The predicted molar refractivity (Wildman–Crippen MR) is 120 cm³/mol. The molecule has 0 atom stereocenters. The van der Waals surface area contributed by atoms with Crippen molar-refractivity contribution in [1.82, 2.24) is 19.5 Å². The molecule has 2 aliphatic rings. The Morgan fingerprint density at radius 1 is 1.03 bits per heavy atom. The van der Waals surface area contributed by atoms with Crippen molar-refractivity contribution in [2.24, 2.45) is 5.92 Å². The van der Waals surface area contributed by atoms with Crippen LogP contribution in [0.15, 0.2) is 48.7 Å². The maximum atomic E-state index is 6.23. The molecule has 1 saturated heterocycles. The Balaban J connectivity index is 1.57. The van der Waals surface area contributed by atoms with Crippen LogP contribution in [0.1, 0.15) is 23.2 Å². The minimum Gasteiger partial charge on any atom is -0.383 e. The summed E-state index contributed by atoms with van der Waals surface area (Å²) in [5.41, 5.74) is 13.2. The Morgan fingerprint density at radius 3 is 2.77 bits per heavy atom. The summed E-state index contributed by atoms with van der Waals surface area (Å²) in [7, 11) is 0. The molecule has 1 aliphatic carbocycles. The van der Waals surface area contributed by atoms with Gasteiger partial charge < -0.3 is 10.5 Å². The van der Waals surface area contributed by atoms with E-state index in [0.29, 0.717) is 24.9 Å². The van der Waals surface area contributed by atoms with Gasteiger partial charge in [0.25, 0.3) is 0 Å². The molecule has 1 aliphatic heterocycles. The van der Waals surface area contributed by atoms with Gasteiger partial charge in [-0.05, 0) is 72.7 Å². The zero-order valence-electron chi connectivity index (χ0n) is 17.0. The van der Waals surface area contributed by atoms with E-state index >= 15 is 0 Å². The first-order valence-electron chi connectivity index (χ1n) is 10.6. The van der Waals surface area contributed by atoms with Crippen molar-refractivity contribution in [3.05, 3.63) is 65.5 Å². The first kappa shape index (κ1) is 18.1. The van der Waals surface area contributed by atoms with E-state index in [1.54, 1.807) is 6.20 Å². The second-order valence-corrected chi connectivity index (χ2v) is 8.06. The van der Waals surface area contributed by atoms with Crippen LogP contribution in [0, 0.1) is 17.8 Å². The number of nitrogen functional groups attached to an aromatic ring is 1. The lowest BCUT2D eigenvalue weighted by atomic mass is 10.1. The standard InChI is InChI=1S/C25H21N5O/c26-23-21(5-2-12-27-23)24-29-22-11-9-19(8-6-16-14-31-15-16)28-25(22)30(24)20-10-7-17-3-1-4-18(17)13-20/h2,5,7,9-13,16H,1,3-4,14-15H2,(H2,26,27). The zero-order valence-corrected chi connectivity index (χ0v) is 17.0. The highest BCUT2D eigenvalue weighted by Crippen LogP contribution is 2.32. The molecule has 6 nitrogen and oxygen atoms in total. The van der Waals surface area contributed by atoms with E-state index in [1.165, 1.54) is 17.5 Å². The smallest absolute Gasteiger partial charge is 0.166 e. The maximum Gasteiger partial charge on any atom is 0.166 e. The molecule has 1 fully saturated rings. The van der Waals surface area contributed by atoms with Gasteiger partial charge >= 0.3 is 0 Å². The highest BCUT2D eigenvalue weighted by atomic mass is 16.5. The third-order valence-electron chi connectivity index (χ3n) is 5.97. The van der Waals surface area contributed by atoms with Crippen molar-refractivity contribution in [2.75, 3.05) is 18.9 Å². The van der Waals surface area contributed by atoms with Crippen LogP contribution in [-0.4, -0.2) is 32.7 Å². The Bertz CT molecular complexity index is 1370. The van der Waals surface area contributed by atoms with E-state index in [1.807, 2.05) is 24.3 Å². The van der Waals surface area contributed by atoms with Gasteiger partial charge in [-0.2, -0.15) is 0 Å². The summed E-state index contributed by atoms with van der Waals surface area (Å²) in [4.78, 5) is 14.0. The fourth-order valence-electron chi connectivity index (χ4n) is 4.25. The zero-order chi connectivity index (χ0) is 20.8. The number of rotatable bonds is 2. The summed E-state index contributed by atoms with van der Waals surface area (Å²) < 4.78 is 7.30. The third kappa shape index (κ3) is 3.15. The van der Waals surface area contributed by atoms with Crippen molar-refractivity contribution in [1.29, 1.82) is 0 Å². The molecule has 31 heavy (non-hydrogen) atoms. The average Bonchev–Trinajstić information content (AvgIpc) is 3.36. The molecule has 4 heterocycles. The average molecular weight is 407 g/mol. The third-order valence-corrected chi connectivity index (χ3v) is 5.97. The van der Waals surface area contributed by atoms with Crippen molar-refractivity contribution >= 4 is 17.0 Å². The number of ether oxygens (including phenoxy) is 1. The largest absolute Gasteiger partial charge is 0.383 e. The quantitative estimate of drug-likeness (QED) is 0.514. The Hall–Kier alpha value is -3.69. The molecule has 2 N–H and O–H groups in total. The number of anilines is 1. The molecule has 0 spiro atoms. The van der Waals surface area contributed by atoms with E-state index < -0.39 is 0 Å². The van der Waals surface area contributed by atoms with Crippen LogP contribution < -0.4 is 5.73 Å². The van der Waals surface area contributed by atoms with Crippen LogP contribution in [0.25, 0.3) is 28.2 Å². The van der Waals surface area contributed by atoms with Gasteiger partial charge in [-0.15, -0.1) is 0 Å². The van der Waals surface area contributed by atoms with E-state index in [0.717, 1.165) is 46.8 Å². The maximum absolute atomic E-state index is 6.23. The molecular weight excluding hydrogens is 386 g/mol. The summed E-state index contributed by atoms with van der Waals surface area (Å²) in [6, 6.07) is 14.3. The SMILES string of the molecule is Nc1ncccc1-c1nc2ccc(C#CC3COC3)nc2n1-c1ccc2c(c1)CCC2. The van der Waals surface area contributed by atoms with Gasteiger partial charge in [0.15, 0.2) is 11.5 Å². The van der Waals surface area contributed by atoms with Crippen LogP contribution in [-0.2, 0) is 17.6 Å². The predicted octanol–water partition coefficient (Wildman–Crippen LogP) is 3.55. The van der Waals surface area contributed by atoms with Gasteiger partial charge in [0.1, 0.15) is 17.0 Å². The summed E-state index contributed by atoms with van der Waals surface area (Å²) >= 11 is 0. The summed E-state index contributed by atoms with van der Waals surface area (Å²) in [5.74, 6) is 7.93. The van der Waals surface area contributed by atoms with Gasteiger partial charge in [0, 0.05) is 11.9 Å². The van der Waals surface area contributed by atoms with Crippen LogP contribution in [0.5, 0.6) is 0 Å². The number of pyridine rings is 2. The number of benzene rings is 1. The number of imidazole rings is 1. The van der Waals surface area contributed by atoms with Crippen LogP contribution >= 0.6 is 0 Å². The molecule has 3 aromatic heterocycles. The molecule has 1 aromatic carbocycles. The summed E-state index contributed by atoms with van der Waals surface area (Å²) in [5, 5.41) is 0. The molecule has 6 heteroatoms. The fourth-order valence-corrected chi connectivity index (χ4v) is 4.25.